The van der Waals surface area contributed by atoms with Gasteiger partial charge in [0.1, 0.15) is 18.1 Å². The van der Waals surface area contributed by atoms with E-state index in [0.29, 0.717) is 18.2 Å². The smallest absolute Gasteiger partial charge is 0.273 e. The highest BCUT2D eigenvalue weighted by atomic mass is 35.5. The van der Waals surface area contributed by atoms with Gasteiger partial charge in [-0.3, -0.25) is 19.9 Å². The quantitative estimate of drug-likeness (QED) is 0.161. The largest absolute Gasteiger partial charge is 0.513 e. The van der Waals surface area contributed by atoms with Crippen LogP contribution in [0.2, 0.25) is 5.02 Å². The molecule has 0 unspecified atom stereocenters. The number of hydrogen-bond donors (Lipinski definition) is 5. The van der Waals surface area contributed by atoms with Crippen LogP contribution in [0, 0.1) is 5.41 Å². The molecule has 0 aliphatic carbocycles. The summed E-state index contributed by atoms with van der Waals surface area (Å²) in [5.74, 6) is -0.324. The molecule has 1 aromatic heterocycles. The topological polar surface area (TPSA) is 153 Å². The maximum Gasteiger partial charge on any atom is 0.273 e. The van der Waals surface area contributed by atoms with Gasteiger partial charge in [0.25, 0.3) is 11.8 Å². The van der Waals surface area contributed by atoms with Crippen molar-refractivity contribution < 1.29 is 19.4 Å². The lowest BCUT2D eigenvalue weighted by molar-refractivity contribution is -0.110. The number of hydrogen-bond acceptors (Lipinski definition) is 9. The van der Waals surface area contributed by atoms with Crippen LogP contribution in [0.5, 0.6) is 5.75 Å². The zero-order valence-electron chi connectivity index (χ0n) is 21.9. The van der Waals surface area contributed by atoms with Gasteiger partial charge in [-0.15, -0.1) is 0 Å². The summed E-state index contributed by atoms with van der Waals surface area (Å²) in [7, 11) is 0. The van der Waals surface area contributed by atoms with Gasteiger partial charge in [-0.25, -0.2) is 9.97 Å². The van der Waals surface area contributed by atoms with Crippen molar-refractivity contribution in [3.05, 3.63) is 77.3 Å². The van der Waals surface area contributed by atoms with E-state index in [4.69, 9.17) is 21.7 Å². The Kier molecular flexibility index (Phi) is 9.66. The number of halogens is 1. The number of likely N-dealkylation sites (tertiary alicyclic amines) is 1. The van der Waals surface area contributed by atoms with Gasteiger partial charge in [0, 0.05) is 24.0 Å². The predicted molar refractivity (Wildman–Crippen MR) is 155 cm³/mol. The molecule has 0 radical (unpaired) electrons. The Morgan fingerprint density at radius 1 is 1.05 bits per heavy atom. The van der Waals surface area contributed by atoms with Crippen LogP contribution in [0.4, 0.5) is 23.0 Å². The van der Waals surface area contributed by atoms with Crippen LogP contribution < -0.4 is 20.7 Å². The minimum Gasteiger partial charge on any atom is -0.513 e. The summed E-state index contributed by atoms with van der Waals surface area (Å²) in [6.07, 6.45) is 6.44. The summed E-state index contributed by atoms with van der Waals surface area (Å²) >= 11 is 6.20. The molecule has 40 heavy (non-hydrogen) atoms. The van der Waals surface area contributed by atoms with Crippen LogP contribution in [0.3, 0.4) is 0 Å². The van der Waals surface area contributed by atoms with Crippen LogP contribution in [-0.4, -0.2) is 63.7 Å². The van der Waals surface area contributed by atoms with E-state index >= 15 is 0 Å². The van der Waals surface area contributed by atoms with Gasteiger partial charge >= 0.3 is 0 Å². The number of carbonyl (C=O) groups excluding carboxylic acids is 2. The Bertz CT molecular complexity index is 1380. The Balaban J connectivity index is 1.30. The van der Waals surface area contributed by atoms with E-state index < -0.39 is 17.5 Å². The van der Waals surface area contributed by atoms with Crippen molar-refractivity contribution in [1.82, 2.24) is 14.9 Å². The molecular formula is C28H30ClN7O4. The van der Waals surface area contributed by atoms with Gasteiger partial charge in [0.15, 0.2) is 0 Å². The lowest BCUT2D eigenvalue weighted by atomic mass is 10.1. The minimum absolute atomic E-state index is 0.102. The second kappa shape index (κ2) is 13.5. The number of nitrogens with zero attached hydrogens (tertiary/aromatic N) is 3. The van der Waals surface area contributed by atoms with Gasteiger partial charge in [0.2, 0.25) is 5.95 Å². The van der Waals surface area contributed by atoms with Crippen LogP contribution in [0.15, 0.2) is 66.7 Å². The molecule has 11 nitrogen and oxygen atoms in total. The molecule has 12 heteroatoms. The first-order chi connectivity index (χ1) is 19.3. The third-order valence-electron chi connectivity index (χ3n) is 5.96. The van der Waals surface area contributed by atoms with Crippen molar-refractivity contribution in [3.8, 4) is 5.75 Å². The van der Waals surface area contributed by atoms with E-state index in [1.54, 1.807) is 0 Å². The third-order valence-corrected chi connectivity index (χ3v) is 6.29. The molecule has 208 valence electrons. The highest BCUT2D eigenvalue weighted by molar-refractivity contribution is 6.46. The van der Waals surface area contributed by atoms with Gasteiger partial charge in [-0.05, 0) is 75.3 Å². The van der Waals surface area contributed by atoms with Crippen LogP contribution >= 0.6 is 11.6 Å². The second-order valence-corrected chi connectivity index (χ2v) is 9.55. The SMILES string of the molecule is C/C(O)=C/C(=N)C(=O)Nc1ccc(Cl)c(C(=O)Nc2cnc(Nc3ccc(OCCN4CCCC4)cc3)nc2)c1. The number of ether oxygens (including phenoxy) is 1. The molecule has 1 fully saturated rings. The van der Waals surface area contributed by atoms with E-state index in [1.165, 1.54) is 50.4 Å². The van der Waals surface area contributed by atoms with E-state index in [2.05, 4.69) is 30.8 Å². The summed E-state index contributed by atoms with van der Waals surface area (Å²) in [6, 6.07) is 11.9. The molecule has 0 saturated carbocycles. The number of aliphatic hydroxyl groups excluding tert-OH is 1. The summed E-state index contributed by atoms with van der Waals surface area (Å²) < 4.78 is 5.83. The second-order valence-electron chi connectivity index (χ2n) is 9.14. The fourth-order valence-electron chi connectivity index (χ4n) is 3.97. The predicted octanol–water partition coefficient (Wildman–Crippen LogP) is 5.02. The summed E-state index contributed by atoms with van der Waals surface area (Å²) in [5.41, 5.74) is 1.04. The fourth-order valence-corrected chi connectivity index (χ4v) is 4.17. The molecule has 1 aliphatic rings. The number of rotatable bonds is 11. The van der Waals surface area contributed by atoms with Crippen LogP contribution in [0.25, 0.3) is 0 Å². The van der Waals surface area contributed by atoms with Crippen LogP contribution in [0.1, 0.15) is 30.1 Å². The summed E-state index contributed by atoms with van der Waals surface area (Å²) in [6.45, 7) is 5.22. The van der Waals surface area contributed by atoms with Gasteiger partial charge < -0.3 is 25.8 Å². The molecule has 0 spiro atoms. The Morgan fingerprint density at radius 3 is 2.40 bits per heavy atom. The molecule has 0 bridgehead atoms. The van der Waals surface area contributed by atoms with Crippen LogP contribution in [-0.2, 0) is 4.79 Å². The summed E-state index contributed by atoms with van der Waals surface area (Å²) in [4.78, 5) is 35.8. The number of aromatic nitrogens is 2. The lowest BCUT2D eigenvalue weighted by Gasteiger charge is -2.15. The first kappa shape index (κ1) is 28.5. The maximum absolute atomic E-state index is 12.8. The normalized spacial score (nSPS) is 13.5. The van der Waals surface area contributed by atoms with Gasteiger partial charge in [-0.1, -0.05) is 11.6 Å². The van der Waals surface area contributed by atoms with Gasteiger partial charge in [0.05, 0.1) is 34.4 Å². The molecule has 1 aliphatic heterocycles. The van der Waals surface area contributed by atoms with E-state index in [9.17, 15) is 14.7 Å². The first-order valence-corrected chi connectivity index (χ1v) is 13.1. The highest BCUT2D eigenvalue weighted by Gasteiger charge is 2.15. The Hall–Kier alpha value is -4.48. The Labute approximate surface area is 236 Å². The monoisotopic (exact) mass is 563 g/mol. The zero-order chi connectivity index (χ0) is 28.5. The molecule has 3 aromatic rings. The molecule has 2 amide bonds. The zero-order valence-corrected chi connectivity index (χ0v) is 22.7. The van der Waals surface area contributed by atoms with E-state index in [1.807, 2.05) is 24.3 Å². The maximum atomic E-state index is 12.8. The molecule has 2 aromatic carbocycles. The van der Waals surface area contributed by atoms with Crippen molar-refractivity contribution in [2.75, 3.05) is 42.2 Å². The number of amides is 2. The number of allylic oxidation sites excluding steroid dienone is 1. The third kappa shape index (κ3) is 8.26. The standard InChI is InChI=1S/C28H30ClN7O4/c1-18(37)14-25(30)27(39)33-20-6-9-24(29)23(15-20)26(38)34-21-16-31-28(32-17-21)35-19-4-7-22(8-5-19)40-13-12-36-10-2-3-11-36/h4-9,14-17,30,37H,2-3,10-13H2,1H3,(H,33,39)(H,34,38)(H,31,32,35)/b18-14-,30-25?. The highest BCUT2D eigenvalue weighted by Crippen LogP contribution is 2.23. The fraction of sp³-hybridized carbons (Fsp3) is 0.250. The van der Waals surface area contributed by atoms with Crippen molar-refractivity contribution in [2.24, 2.45) is 0 Å². The molecule has 0 atom stereocenters. The molecule has 4 rings (SSSR count). The lowest BCUT2D eigenvalue weighted by Crippen LogP contribution is -2.25. The average molecular weight is 564 g/mol. The number of anilines is 4. The average Bonchev–Trinajstić information content (AvgIpc) is 3.45. The van der Waals surface area contributed by atoms with Crippen molar-refractivity contribution in [3.63, 3.8) is 0 Å². The van der Waals surface area contributed by atoms with E-state index in [0.717, 1.165) is 37.1 Å². The molecule has 5 N–H and O–H groups in total. The number of aliphatic hydroxyl groups is 1. The van der Waals surface area contributed by atoms with Crippen molar-refractivity contribution in [2.45, 2.75) is 19.8 Å². The first-order valence-electron chi connectivity index (χ1n) is 12.7. The molecule has 2 heterocycles. The molecule has 1 saturated heterocycles. The Morgan fingerprint density at radius 2 is 1.73 bits per heavy atom. The number of benzene rings is 2. The minimum atomic E-state index is -0.752. The summed E-state index contributed by atoms with van der Waals surface area (Å²) in [5, 5.41) is 25.3. The van der Waals surface area contributed by atoms with Crippen molar-refractivity contribution >= 4 is 52.1 Å². The molecular weight excluding hydrogens is 534 g/mol. The van der Waals surface area contributed by atoms with Gasteiger partial charge in [-0.2, -0.15) is 0 Å². The number of carbonyl (C=O) groups is 2. The number of nitrogens with one attached hydrogen (secondary N) is 4. The van der Waals surface area contributed by atoms with Crippen molar-refractivity contribution in [1.29, 1.82) is 5.41 Å². The van der Waals surface area contributed by atoms with E-state index in [-0.39, 0.29) is 22.0 Å².